The van der Waals surface area contributed by atoms with Crippen LogP contribution in [0.2, 0.25) is 0 Å². The largest absolute Gasteiger partial charge is 0.573 e. The average Bonchev–Trinajstić information content (AvgIpc) is 2.26. The molecule has 0 radical (unpaired) electrons. The van der Waals surface area contributed by atoms with Crippen LogP contribution in [-0.4, -0.2) is 11.3 Å². The van der Waals surface area contributed by atoms with Crippen LogP contribution in [-0.2, 0) is 0 Å². The van der Waals surface area contributed by atoms with E-state index in [1.807, 2.05) is 0 Å². The molecular weight excluding hydrogens is 269 g/mol. The maximum atomic E-state index is 13.4. The highest BCUT2D eigenvalue weighted by Gasteiger charge is 2.31. The van der Waals surface area contributed by atoms with Crippen molar-refractivity contribution in [2.75, 3.05) is 0 Å². The van der Waals surface area contributed by atoms with E-state index in [0.29, 0.717) is 0 Å². The maximum absolute atomic E-state index is 13.4. The number of hydrogen-bond acceptors (Lipinski definition) is 2. The lowest BCUT2D eigenvalue weighted by atomic mass is 10.1. The van der Waals surface area contributed by atoms with Crippen molar-refractivity contribution in [3.63, 3.8) is 0 Å². The van der Waals surface area contributed by atoms with Gasteiger partial charge < -0.3 is 4.74 Å². The number of nitrogens with zero attached hydrogens (tertiary/aromatic N) is 1. The third-order valence-electron chi connectivity index (χ3n) is 2.19. The number of aromatic nitrogens is 1. The number of ether oxygens (including phenoxy) is 1. The summed E-state index contributed by atoms with van der Waals surface area (Å²) in [7, 11) is 0. The lowest BCUT2D eigenvalue weighted by Gasteiger charge is -2.10. The van der Waals surface area contributed by atoms with E-state index in [1.165, 1.54) is 12.1 Å². The van der Waals surface area contributed by atoms with Gasteiger partial charge in [-0.1, -0.05) is 12.1 Å². The summed E-state index contributed by atoms with van der Waals surface area (Å²) in [6.07, 6.45) is -4.84. The van der Waals surface area contributed by atoms with Gasteiger partial charge in [0.05, 0.1) is 0 Å². The van der Waals surface area contributed by atoms with Crippen LogP contribution in [0.1, 0.15) is 0 Å². The topological polar surface area (TPSA) is 22.1 Å². The van der Waals surface area contributed by atoms with Crippen LogP contribution in [0, 0.1) is 11.9 Å². The molecule has 1 heterocycles. The lowest BCUT2D eigenvalue weighted by Crippen LogP contribution is -2.17. The molecule has 2 aromatic rings. The Hall–Kier alpha value is -2.18. The molecule has 7 heteroatoms. The van der Waals surface area contributed by atoms with Gasteiger partial charge >= 0.3 is 6.36 Å². The Morgan fingerprint density at radius 1 is 1.00 bits per heavy atom. The molecule has 1 aromatic heterocycles. The first-order valence-corrected chi connectivity index (χ1v) is 5.03. The van der Waals surface area contributed by atoms with E-state index in [4.69, 9.17) is 0 Å². The highest BCUT2D eigenvalue weighted by atomic mass is 19.4. The molecule has 0 fully saturated rings. The molecule has 0 atom stereocenters. The van der Waals surface area contributed by atoms with Crippen molar-refractivity contribution in [3.05, 3.63) is 48.3 Å². The summed E-state index contributed by atoms with van der Waals surface area (Å²) >= 11 is 0. The molecule has 100 valence electrons. The Bertz CT molecular complexity index is 597. The fraction of sp³-hybridized carbons (Fsp3) is 0.0833. The molecule has 0 amide bonds. The van der Waals surface area contributed by atoms with E-state index >= 15 is 0 Å². The van der Waals surface area contributed by atoms with Gasteiger partial charge in [0.2, 0.25) is 11.9 Å². The molecule has 0 aliphatic heterocycles. The number of benzene rings is 1. The van der Waals surface area contributed by atoms with Crippen LogP contribution in [0.25, 0.3) is 11.1 Å². The third kappa shape index (κ3) is 3.40. The van der Waals surface area contributed by atoms with E-state index in [-0.39, 0.29) is 11.1 Å². The molecule has 0 bridgehead atoms. The zero-order valence-corrected chi connectivity index (χ0v) is 9.21. The van der Waals surface area contributed by atoms with E-state index in [9.17, 15) is 22.0 Å². The minimum Gasteiger partial charge on any atom is -0.406 e. The van der Waals surface area contributed by atoms with Gasteiger partial charge in [0, 0.05) is 5.56 Å². The quantitative estimate of drug-likeness (QED) is 0.612. The summed E-state index contributed by atoms with van der Waals surface area (Å²) in [5, 5.41) is 0. The number of rotatable bonds is 2. The van der Waals surface area contributed by atoms with Gasteiger partial charge in [0.15, 0.2) is 0 Å². The van der Waals surface area contributed by atoms with Gasteiger partial charge in [-0.25, -0.2) is 0 Å². The van der Waals surface area contributed by atoms with E-state index < -0.39 is 24.0 Å². The van der Waals surface area contributed by atoms with Crippen molar-refractivity contribution in [2.24, 2.45) is 0 Å². The highest BCUT2D eigenvalue weighted by molar-refractivity contribution is 5.64. The van der Waals surface area contributed by atoms with Crippen LogP contribution in [0.15, 0.2) is 36.4 Å². The Kier molecular flexibility index (Phi) is 3.37. The summed E-state index contributed by atoms with van der Waals surface area (Å²) in [5.74, 6) is -2.61. The Morgan fingerprint density at radius 2 is 1.74 bits per heavy atom. The van der Waals surface area contributed by atoms with E-state index in [0.717, 1.165) is 24.3 Å². The SMILES string of the molecule is Fc1ccc(-c2cccc(OC(F)(F)F)c2)c(F)n1. The predicted octanol–water partition coefficient (Wildman–Crippen LogP) is 3.93. The molecular formula is C12H6F5NO. The third-order valence-corrected chi connectivity index (χ3v) is 2.19. The Labute approximate surface area is 104 Å². The van der Waals surface area contributed by atoms with Gasteiger partial charge in [0.25, 0.3) is 0 Å². The fourth-order valence-electron chi connectivity index (χ4n) is 1.49. The summed E-state index contributed by atoms with van der Waals surface area (Å²) in [6.45, 7) is 0. The summed E-state index contributed by atoms with van der Waals surface area (Å²) < 4.78 is 65.9. The molecule has 0 N–H and O–H groups in total. The monoisotopic (exact) mass is 275 g/mol. The molecule has 0 aliphatic rings. The molecule has 0 saturated heterocycles. The fourth-order valence-corrected chi connectivity index (χ4v) is 1.49. The average molecular weight is 275 g/mol. The van der Waals surface area contributed by atoms with Crippen LogP contribution >= 0.6 is 0 Å². The first-order valence-electron chi connectivity index (χ1n) is 5.03. The summed E-state index contributed by atoms with van der Waals surface area (Å²) in [4.78, 5) is 2.96. The minimum absolute atomic E-state index is 0.103. The Balaban J connectivity index is 2.38. The second-order valence-corrected chi connectivity index (χ2v) is 3.55. The van der Waals surface area contributed by atoms with Crippen LogP contribution < -0.4 is 4.74 Å². The first kappa shape index (κ1) is 13.3. The molecule has 0 saturated carbocycles. The smallest absolute Gasteiger partial charge is 0.406 e. The minimum atomic E-state index is -4.84. The van der Waals surface area contributed by atoms with Crippen molar-refractivity contribution in [2.45, 2.75) is 6.36 Å². The van der Waals surface area contributed by atoms with Crippen LogP contribution in [0.4, 0.5) is 22.0 Å². The van der Waals surface area contributed by atoms with Gasteiger partial charge in [-0.15, -0.1) is 13.2 Å². The van der Waals surface area contributed by atoms with E-state index in [2.05, 4.69) is 9.72 Å². The molecule has 2 nitrogen and oxygen atoms in total. The number of hydrogen-bond donors (Lipinski definition) is 0. The molecule has 0 spiro atoms. The maximum Gasteiger partial charge on any atom is 0.573 e. The first-order chi connectivity index (χ1) is 8.85. The Morgan fingerprint density at radius 3 is 2.37 bits per heavy atom. The second-order valence-electron chi connectivity index (χ2n) is 3.55. The number of pyridine rings is 1. The highest BCUT2D eigenvalue weighted by Crippen LogP contribution is 2.28. The van der Waals surface area contributed by atoms with Crippen molar-refractivity contribution >= 4 is 0 Å². The normalized spacial score (nSPS) is 11.4. The predicted molar refractivity (Wildman–Crippen MR) is 56.3 cm³/mol. The lowest BCUT2D eigenvalue weighted by molar-refractivity contribution is -0.274. The van der Waals surface area contributed by atoms with E-state index in [1.54, 1.807) is 0 Å². The van der Waals surface area contributed by atoms with Crippen molar-refractivity contribution in [1.29, 1.82) is 0 Å². The molecule has 1 aromatic carbocycles. The zero-order chi connectivity index (χ0) is 14.0. The second kappa shape index (κ2) is 4.83. The zero-order valence-electron chi connectivity index (χ0n) is 9.21. The number of alkyl halides is 3. The molecule has 2 rings (SSSR count). The van der Waals surface area contributed by atoms with Gasteiger partial charge in [-0.2, -0.15) is 13.8 Å². The molecule has 19 heavy (non-hydrogen) atoms. The van der Waals surface area contributed by atoms with Crippen molar-refractivity contribution in [1.82, 2.24) is 4.98 Å². The van der Waals surface area contributed by atoms with Crippen LogP contribution in [0.5, 0.6) is 5.75 Å². The summed E-state index contributed by atoms with van der Waals surface area (Å²) in [6, 6.07) is 6.69. The summed E-state index contributed by atoms with van der Waals surface area (Å²) in [5.41, 5.74) is -0.0132. The standard InChI is InChI=1S/C12H6F5NO/c13-10-5-4-9(11(14)18-10)7-2-1-3-8(6-7)19-12(15,16)17/h1-6H. The van der Waals surface area contributed by atoms with Gasteiger partial charge in [0.1, 0.15) is 5.75 Å². The molecule has 0 unspecified atom stereocenters. The molecule has 0 aliphatic carbocycles. The van der Waals surface area contributed by atoms with Crippen molar-refractivity contribution < 1.29 is 26.7 Å². The van der Waals surface area contributed by atoms with Crippen molar-refractivity contribution in [3.8, 4) is 16.9 Å². The van der Waals surface area contributed by atoms with Crippen LogP contribution in [0.3, 0.4) is 0 Å². The number of halogens is 5. The van der Waals surface area contributed by atoms with Gasteiger partial charge in [-0.05, 0) is 29.8 Å². The van der Waals surface area contributed by atoms with Gasteiger partial charge in [-0.3, -0.25) is 0 Å².